The molecule has 5 aromatic rings. The molecule has 2 aliphatic heterocycles. The number of carbonyl (C=O) groups is 1. The van der Waals surface area contributed by atoms with Crippen LogP contribution in [0.3, 0.4) is 0 Å². The van der Waals surface area contributed by atoms with Crippen molar-refractivity contribution >= 4 is 51.1 Å². The van der Waals surface area contributed by atoms with E-state index in [2.05, 4.69) is 93.7 Å². The molecule has 0 amide bonds. The summed E-state index contributed by atoms with van der Waals surface area (Å²) in [6.07, 6.45) is 10.4. The van der Waals surface area contributed by atoms with Gasteiger partial charge in [0, 0.05) is 99.5 Å². The van der Waals surface area contributed by atoms with Gasteiger partial charge in [0.1, 0.15) is 22.7 Å². The number of pyridine rings is 1. The fraction of sp³-hybridized carbons (Fsp3) is 0.423. The quantitative estimate of drug-likeness (QED) is 0.136. The van der Waals surface area contributed by atoms with Crippen molar-refractivity contribution in [1.29, 1.82) is 0 Å². The normalized spacial score (nSPS) is 20.0. The summed E-state index contributed by atoms with van der Waals surface area (Å²) in [6.45, 7) is 19.5. The summed E-state index contributed by atoms with van der Waals surface area (Å²) in [5, 5.41) is 11.7. The topological polar surface area (TPSA) is 88.2 Å². The molecule has 2 aromatic heterocycles. The molecule has 0 atom stereocenters. The molecule has 2 saturated heterocycles. The molecule has 9 rings (SSSR count). The van der Waals surface area contributed by atoms with Crippen molar-refractivity contribution in [3.63, 3.8) is 0 Å². The zero-order chi connectivity index (χ0) is 43.0. The summed E-state index contributed by atoms with van der Waals surface area (Å²) in [7, 11) is 0. The van der Waals surface area contributed by atoms with E-state index in [1.54, 1.807) is 23.4 Å². The molecule has 2 fully saturated rings. The van der Waals surface area contributed by atoms with Gasteiger partial charge in [0.15, 0.2) is 0 Å². The minimum atomic E-state index is -1.02. The predicted octanol–water partition coefficient (Wildman–Crippen LogP) is 11.3. The van der Waals surface area contributed by atoms with E-state index in [0.717, 1.165) is 106 Å². The number of halogens is 1. The molecule has 4 aliphatic rings. The van der Waals surface area contributed by atoms with Crippen LogP contribution in [-0.4, -0.2) is 96.3 Å². The Labute approximate surface area is 372 Å². The van der Waals surface area contributed by atoms with E-state index in [0.29, 0.717) is 16.9 Å². The van der Waals surface area contributed by atoms with Gasteiger partial charge in [-0.3, -0.25) is 9.80 Å². The average molecular weight is 854 g/mol. The number of aromatic nitrogens is 2. The predicted molar refractivity (Wildman–Crippen MR) is 254 cm³/mol. The van der Waals surface area contributed by atoms with Crippen molar-refractivity contribution in [1.82, 2.24) is 19.8 Å². The lowest BCUT2D eigenvalue weighted by Crippen LogP contribution is -2.47. The lowest BCUT2D eigenvalue weighted by atomic mass is 9.72. The van der Waals surface area contributed by atoms with Crippen LogP contribution in [0.2, 0.25) is 5.02 Å². The van der Waals surface area contributed by atoms with Crippen LogP contribution in [0.25, 0.3) is 22.2 Å². The largest absolute Gasteiger partial charge is 0.478 e. The highest BCUT2D eigenvalue weighted by Gasteiger charge is 2.31. The second kappa shape index (κ2) is 17.6. The summed E-state index contributed by atoms with van der Waals surface area (Å²) < 4.78 is 6.16. The monoisotopic (exact) mass is 852 g/mol. The Morgan fingerprint density at radius 2 is 1.24 bits per heavy atom. The Kier molecular flexibility index (Phi) is 12.0. The number of rotatable bonds is 11. The second-order valence-corrected chi connectivity index (χ2v) is 20.0. The number of ether oxygens (including phenoxy) is 1. The first-order chi connectivity index (χ1) is 29.8. The van der Waals surface area contributed by atoms with Crippen molar-refractivity contribution in [3.05, 3.63) is 124 Å². The molecule has 0 unspecified atom stereocenters. The molecule has 0 bridgehead atoms. The Balaban J connectivity index is 0.832. The maximum atomic E-state index is 12.2. The van der Waals surface area contributed by atoms with E-state index in [4.69, 9.17) is 16.3 Å². The highest BCUT2D eigenvalue weighted by molar-refractivity contribution is 6.30. The molecule has 10 heteroatoms. The maximum Gasteiger partial charge on any atom is 0.339 e. The first kappa shape index (κ1) is 42.2. The number of fused-ring (bicyclic) bond motifs is 1. The lowest BCUT2D eigenvalue weighted by molar-refractivity contribution is 0.0694. The number of hydrogen-bond acceptors (Lipinski definition) is 7. The molecule has 9 nitrogen and oxygen atoms in total. The molecule has 2 N–H and O–H groups in total. The Hall–Kier alpha value is -5.09. The fourth-order valence-electron chi connectivity index (χ4n) is 10.1. The molecular weight excluding hydrogens is 792 g/mol. The molecule has 324 valence electrons. The van der Waals surface area contributed by atoms with E-state index in [1.807, 2.05) is 42.6 Å². The summed E-state index contributed by atoms with van der Waals surface area (Å²) in [5.74, 6) is -0.188. The van der Waals surface area contributed by atoms with Crippen LogP contribution in [0.1, 0.15) is 87.7 Å². The SMILES string of the molecule is CC1(C)CCC(CN2CCN(c3ccc(C4=C(CN5CCN(c6ccc(C(=O)O)c(Oc7cnc8[nH]ccc8c7)c6)CC5)CCC(C)(C)C4)cc3)CC2)=C(c2ccc(Cl)cc2)C1. The van der Waals surface area contributed by atoms with Gasteiger partial charge in [0.2, 0.25) is 0 Å². The highest BCUT2D eigenvalue weighted by Crippen LogP contribution is 2.45. The van der Waals surface area contributed by atoms with Crippen molar-refractivity contribution in [2.24, 2.45) is 10.8 Å². The third-order valence-electron chi connectivity index (χ3n) is 13.9. The van der Waals surface area contributed by atoms with Crippen LogP contribution >= 0.6 is 11.6 Å². The van der Waals surface area contributed by atoms with Crippen molar-refractivity contribution < 1.29 is 14.6 Å². The molecule has 0 radical (unpaired) electrons. The third-order valence-corrected chi connectivity index (χ3v) is 14.1. The number of anilines is 2. The number of carboxylic acid groups (broad SMARTS) is 1. The number of hydrogen-bond donors (Lipinski definition) is 2. The van der Waals surface area contributed by atoms with Gasteiger partial charge in [-0.1, -0.05) is 74.7 Å². The zero-order valence-corrected chi connectivity index (χ0v) is 37.6. The summed E-state index contributed by atoms with van der Waals surface area (Å²) >= 11 is 6.27. The van der Waals surface area contributed by atoms with Crippen LogP contribution in [0, 0.1) is 10.8 Å². The zero-order valence-electron chi connectivity index (χ0n) is 36.9. The first-order valence-corrected chi connectivity index (χ1v) is 22.9. The second-order valence-electron chi connectivity index (χ2n) is 19.6. The molecule has 2 aliphatic carbocycles. The van der Waals surface area contributed by atoms with Crippen LogP contribution in [0.4, 0.5) is 11.4 Å². The van der Waals surface area contributed by atoms with E-state index in [1.165, 1.54) is 47.2 Å². The number of H-pyrrole nitrogens is 1. The van der Waals surface area contributed by atoms with Gasteiger partial charge in [-0.2, -0.15) is 0 Å². The Bertz CT molecular complexity index is 2470. The van der Waals surface area contributed by atoms with Gasteiger partial charge < -0.3 is 24.6 Å². The van der Waals surface area contributed by atoms with Gasteiger partial charge in [-0.15, -0.1) is 0 Å². The summed E-state index contributed by atoms with van der Waals surface area (Å²) in [6, 6.07) is 27.2. The van der Waals surface area contributed by atoms with Crippen LogP contribution in [-0.2, 0) is 0 Å². The molecular formula is C52H61ClN6O3. The van der Waals surface area contributed by atoms with Crippen molar-refractivity contribution in [3.8, 4) is 11.5 Å². The summed E-state index contributed by atoms with van der Waals surface area (Å²) in [5.41, 5.74) is 12.7. The number of benzene rings is 3. The van der Waals surface area contributed by atoms with Crippen LogP contribution in [0.5, 0.6) is 11.5 Å². The van der Waals surface area contributed by atoms with Crippen LogP contribution < -0.4 is 14.5 Å². The van der Waals surface area contributed by atoms with Gasteiger partial charge >= 0.3 is 5.97 Å². The molecule has 62 heavy (non-hydrogen) atoms. The smallest absolute Gasteiger partial charge is 0.339 e. The number of aromatic amines is 1. The minimum absolute atomic E-state index is 0.133. The summed E-state index contributed by atoms with van der Waals surface area (Å²) in [4.78, 5) is 29.8. The Morgan fingerprint density at radius 3 is 1.81 bits per heavy atom. The number of nitrogens with one attached hydrogen (secondary N) is 1. The van der Waals surface area contributed by atoms with Crippen molar-refractivity contribution in [2.45, 2.75) is 66.2 Å². The van der Waals surface area contributed by atoms with Gasteiger partial charge in [0.25, 0.3) is 0 Å². The van der Waals surface area contributed by atoms with E-state index in [9.17, 15) is 9.90 Å². The number of aromatic carboxylic acids is 1. The standard InChI is InChI=1S/C52H61ClN6O3/c1-51(2)18-15-39(46(31-51)36-5-9-41(53)10-6-36)34-56-21-25-58(26-22-56)42-11-7-37(8-12-42)47-32-52(3,4)19-16-40(47)35-57-23-27-59(28-24-57)43-13-14-45(50(60)61)48(30-43)62-44-29-38-17-20-54-49(38)55-33-44/h5-14,17,20,29-30,33H,15-16,18-19,21-28,31-32,34-35H2,1-4H3,(H,54,55)(H,60,61). The third kappa shape index (κ3) is 9.60. The number of carboxylic acids is 1. The average Bonchev–Trinajstić information content (AvgIpc) is 3.74. The molecule has 0 saturated carbocycles. The number of nitrogens with zero attached hydrogens (tertiary/aromatic N) is 5. The van der Waals surface area contributed by atoms with Crippen LogP contribution in [0.15, 0.2) is 102 Å². The van der Waals surface area contributed by atoms with Gasteiger partial charge in [-0.05, 0) is 120 Å². The molecule has 0 spiro atoms. The fourth-order valence-corrected chi connectivity index (χ4v) is 10.2. The first-order valence-electron chi connectivity index (χ1n) is 22.6. The van der Waals surface area contributed by atoms with Gasteiger partial charge in [-0.25, -0.2) is 9.78 Å². The van der Waals surface area contributed by atoms with E-state index < -0.39 is 5.97 Å². The van der Waals surface area contributed by atoms with Crippen molar-refractivity contribution in [2.75, 3.05) is 75.2 Å². The highest BCUT2D eigenvalue weighted by atomic mass is 35.5. The van der Waals surface area contributed by atoms with E-state index in [-0.39, 0.29) is 11.0 Å². The molecule has 4 heterocycles. The number of piperazine rings is 2. The van der Waals surface area contributed by atoms with Gasteiger partial charge in [0.05, 0.1) is 6.20 Å². The maximum absolute atomic E-state index is 12.2. The van der Waals surface area contributed by atoms with E-state index >= 15 is 0 Å². The number of allylic oxidation sites excluding steroid dienone is 2. The lowest BCUT2D eigenvalue weighted by Gasteiger charge is -2.40. The molecule has 3 aromatic carbocycles. The Morgan fingerprint density at radius 1 is 0.710 bits per heavy atom. The minimum Gasteiger partial charge on any atom is -0.478 e.